The first-order chi connectivity index (χ1) is 6.85. The highest BCUT2D eigenvalue weighted by atomic mass is 19.4. The van der Waals surface area contributed by atoms with Crippen LogP contribution < -0.4 is 4.74 Å². The Kier molecular flexibility index (Phi) is 3.13. The lowest BCUT2D eigenvalue weighted by atomic mass is 10.2. The second-order valence-corrected chi connectivity index (χ2v) is 2.54. The lowest BCUT2D eigenvalue weighted by molar-refractivity contribution is -0.276. The van der Waals surface area contributed by atoms with E-state index < -0.39 is 35.9 Å². The molecule has 0 saturated carbocycles. The third-order valence-electron chi connectivity index (χ3n) is 1.53. The topological polar surface area (TPSA) is 29.5 Å². The van der Waals surface area contributed by atoms with E-state index in [1.807, 2.05) is 0 Å². The lowest BCUT2D eigenvalue weighted by Crippen LogP contribution is -2.19. The maximum Gasteiger partial charge on any atom is 0.573 e. The van der Waals surface area contributed by atoms with Crippen LogP contribution in [0.3, 0.4) is 0 Å². The second kappa shape index (κ2) is 4.01. The summed E-state index contributed by atoms with van der Waals surface area (Å²) in [7, 11) is 0. The first kappa shape index (κ1) is 11.7. The van der Waals surface area contributed by atoms with Gasteiger partial charge in [0.2, 0.25) is 0 Å². The van der Waals surface area contributed by atoms with Crippen LogP contribution in [-0.4, -0.2) is 11.5 Å². The lowest BCUT2D eigenvalue weighted by Gasteiger charge is -2.13. The van der Waals surface area contributed by atoms with Crippen LogP contribution in [0.25, 0.3) is 0 Å². The Labute approximate surface area is 80.9 Å². The minimum absolute atomic E-state index is 0.482. The summed E-state index contributed by atoms with van der Waals surface area (Å²) >= 11 is 0. The van der Waals surface area contributed by atoms with E-state index in [0.717, 1.165) is 0 Å². The van der Waals surface area contributed by atoms with Gasteiger partial charge in [0.1, 0.15) is 5.82 Å². The summed E-state index contributed by atoms with van der Waals surface area (Å²) in [4.78, 5) is 0. The molecule has 15 heavy (non-hydrogen) atoms. The molecule has 0 aliphatic rings. The molecule has 1 rings (SSSR count). The molecule has 0 spiro atoms. The molecular formula is C8H5F5O2. The summed E-state index contributed by atoms with van der Waals surface area (Å²) in [5.41, 5.74) is -0.868. The van der Waals surface area contributed by atoms with E-state index in [0.29, 0.717) is 12.1 Å². The zero-order valence-electron chi connectivity index (χ0n) is 7.11. The van der Waals surface area contributed by atoms with Crippen molar-refractivity contribution in [3.05, 3.63) is 29.3 Å². The molecule has 0 atom stereocenters. The summed E-state index contributed by atoms with van der Waals surface area (Å²) < 4.78 is 64.3. The number of hydrogen-bond donors (Lipinski definition) is 1. The Morgan fingerprint density at radius 1 is 1.13 bits per heavy atom. The quantitative estimate of drug-likeness (QED) is 0.787. The van der Waals surface area contributed by atoms with Gasteiger partial charge in [-0.2, -0.15) is 0 Å². The molecular weight excluding hydrogens is 223 g/mol. The maximum atomic E-state index is 12.8. The molecule has 7 heteroatoms. The molecule has 1 N–H and O–H groups in total. The van der Waals surface area contributed by atoms with Crippen molar-refractivity contribution in [1.29, 1.82) is 0 Å². The third-order valence-corrected chi connectivity index (χ3v) is 1.53. The molecule has 1 aromatic rings. The van der Waals surface area contributed by atoms with Gasteiger partial charge >= 0.3 is 6.36 Å². The summed E-state index contributed by atoms with van der Waals surface area (Å²) in [6, 6.07) is 1.08. The van der Waals surface area contributed by atoms with Gasteiger partial charge in [0.05, 0.1) is 12.2 Å². The number of ether oxygens (including phenoxy) is 1. The number of aliphatic hydroxyl groups excluding tert-OH is 1. The van der Waals surface area contributed by atoms with E-state index in [1.54, 1.807) is 0 Å². The Bertz CT molecular complexity index is 361. The Hall–Kier alpha value is -1.37. The molecule has 84 valence electrons. The Morgan fingerprint density at radius 3 is 2.13 bits per heavy atom. The molecule has 0 bridgehead atoms. The van der Waals surface area contributed by atoms with Crippen LogP contribution >= 0.6 is 0 Å². The zero-order chi connectivity index (χ0) is 11.6. The molecule has 0 radical (unpaired) electrons. The van der Waals surface area contributed by atoms with Gasteiger partial charge in [-0.15, -0.1) is 13.2 Å². The van der Waals surface area contributed by atoms with Gasteiger partial charge in [-0.1, -0.05) is 0 Å². The maximum absolute atomic E-state index is 12.8. The van der Waals surface area contributed by atoms with Crippen molar-refractivity contribution in [2.24, 2.45) is 0 Å². The molecule has 0 unspecified atom stereocenters. The second-order valence-electron chi connectivity index (χ2n) is 2.54. The molecule has 0 saturated heterocycles. The molecule has 0 amide bonds. The monoisotopic (exact) mass is 228 g/mol. The molecule has 0 aliphatic carbocycles. The van der Waals surface area contributed by atoms with E-state index in [9.17, 15) is 22.0 Å². The average molecular weight is 228 g/mol. The molecule has 0 aromatic heterocycles. The first-order valence-electron chi connectivity index (χ1n) is 3.68. The van der Waals surface area contributed by atoms with Crippen molar-refractivity contribution >= 4 is 0 Å². The van der Waals surface area contributed by atoms with Crippen molar-refractivity contribution in [2.75, 3.05) is 0 Å². The number of halogens is 5. The van der Waals surface area contributed by atoms with Gasteiger partial charge in [-0.3, -0.25) is 0 Å². The van der Waals surface area contributed by atoms with Crippen molar-refractivity contribution < 1.29 is 31.8 Å². The van der Waals surface area contributed by atoms with E-state index in [-0.39, 0.29) is 0 Å². The molecule has 0 aliphatic heterocycles. The SMILES string of the molecule is OCc1c(F)ccc(F)c1OC(F)(F)F. The number of benzene rings is 1. The first-order valence-corrected chi connectivity index (χ1v) is 3.68. The molecule has 0 fully saturated rings. The average Bonchev–Trinajstić information content (AvgIpc) is 2.10. The van der Waals surface area contributed by atoms with Gasteiger partial charge in [-0.05, 0) is 12.1 Å². The predicted octanol–water partition coefficient (Wildman–Crippen LogP) is 2.36. The minimum Gasteiger partial charge on any atom is -0.402 e. The number of alkyl halides is 3. The number of aliphatic hydroxyl groups is 1. The summed E-state index contributed by atoms with van der Waals surface area (Å²) in [5.74, 6) is -3.90. The third kappa shape index (κ3) is 2.79. The largest absolute Gasteiger partial charge is 0.573 e. The van der Waals surface area contributed by atoms with E-state index in [4.69, 9.17) is 5.11 Å². The van der Waals surface area contributed by atoms with Crippen LogP contribution in [0.15, 0.2) is 12.1 Å². The summed E-state index contributed by atoms with van der Waals surface area (Å²) in [6.45, 7) is -1.09. The fourth-order valence-corrected chi connectivity index (χ4v) is 0.949. The van der Waals surface area contributed by atoms with Gasteiger partial charge < -0.3 is 9.84 Å². The highest BCUT2D eigenvalue weighted by Gasteiger charge is 2.34. The summed E-state index contributed by atoms with van der Waals surface area (Å²) in [6.07, 6.45) is -5.14. The Balaban J connectivity index is 3.20. The summed E-state index contributed by atoms with van der Waals surface area (Å²) in [5, 5.41) is 8.57. The normalized spacial score (nSPS) is 11.6. The minimum atomic E-state index is -5.14. The highest BCUT2D eigenvalue weighted by Crippen LogP contribution is 2.30. The van der Waals surface area contributed by atoms with Crippen molar-refractivity contribution in [3.8, 4) is 5.75 Å². The molecule has 2 nitrogen and oxygen atoms in total. The van der Waals surface area contributed by atoms with Gasteiger partial charge in [0.25, 0.3) is 0 Å². The number of rotatable bonds is 2. The molecule has 1 aromatic carbocycles. The van der Waals surface area contributed by atoms with Crippen LogP contribution in [0.5, 0.6) is 5.75 Å². The van der Waals surface area contributed by atoms with Gasteiger partial charge in [-0.25, -0.2) is 8.78 Å². The highest BCUT2D eigenvalue weighted by molar-refractivity contribution is 5.35. The van der Waals surface area contributed by atoms with Crippen molar-refractivity contribution in [3.63, 3.8) is 0 Å². The smallest absolute Gasteiger partial charge is 0.402 e. The van der Waals surface area contributed by atoms with Crippen LogP contribution in [0.2, 0.25) is 0 Å². The molecule has 0 heterocycles. The van der Waals surface area contributed by atoms with Crippen molar-refractivity contribution in [1.82, 2.24) is 0 Å². The standard InChI is InChI=1S/C8H5F5O2/c9-5-1-2-6(10)7(4(5)3-14)15-8(11,12)13/h1-2,14H,3H2. The van der Waals surface area contributed by atoms with E-state index in [1.165, 1.54) is 0 Å². The van der Waals surface area contributed by atoms with Gasteiger partial charge in [0.15, 0.2) is 11.6 Å². The van der Waals surface area contributed by atoms with Crippen LogP contribution in [0.1, 0.15) is 5.56 Å². The van der Waals surface area contributed by atoms with Gasteiger partial charge in [0, 0.05) is 0 Å². The predicted molar refractivity (Wildman–Crippen MR) is 39.0 cm³/mol. The number of hydrogen-bond acceptors (Lipinski definition) is 2. The fraction of sp³-hybridized carbons (Fsp3) is 0.250. The fourth-order valence-electron chi connectivity index (χ4n) is 0.949. The van der Waals surface area contributed by atoms with Crippen molar-refractivity contribution in [2.45, 2.75) is 13.0 Å². The van der Waals surface area contributed by atoms with Crippen LogP contribution in [0, 0.1) is 11.6 Å². The Morgan fingerprint density at radius 2 is 1.67 bits per heavy atom. The van der Waals surface area contributed by atoms with E-state index in [2.05, 4.69) is 4.74 Å². The zero-order valence-corrected chi connectivity index (χ0v) is 7.11. The van der Waals surface area contributed by atoms with Crippen LogP contribution in [0.4, 0.5) is 22.0 Å². The van der Waals surface area contributed by atoms with Crippen LogP contribution in [-0.2, 0) is 6.61 Å². The van der Waals surface area contributed by atoms with E-state index >= 15 is 0 Å².